The van der Waals surface area contributed by atoms with E-state index >= 15 is 0 Å². The van der Waals surface area contributed by atoms with Crippen molar-refractivity contribution in [2.45, 2.75) is 11.8 Å². The molecule has 2 N–H and O–H groups in total. The van der Waals surface area contributed by atoms with Crippen LogP contribution in [0.1, 0.15) is 5.56 Å². The van der Waals surface area contributed by atoms with Gasteiger partial charge in [0.1, 0.15) is 6.33 Å². The highest BCUT2D eigenvalue weighted by Gasteiger charge is 2.27. The number of benzene rings is 2. The Morgan fingerprint density at radius 1 is 1.03 bits per heavy atom. The standard InChI is InChI=1S/C18H17N5O6S/c1-12-7-9-13(10-8-12)30(26,27)22-21-17-16(23(24)25)18(20-11-19-17)29-15-6-4-3-5-14(15)28-2/h3-11,22H,1-2H3,(H,19,20,21). The van der Waals surface area contributed by atoms with Gasteiger partial charge in [-0.05, 0) is 31.2 Å². The Hall–Kier alpha value is -3.77. The SMILES string of the molecule is COc1ccccc1Oc1ncnc(NNS(=O)(=O)c2ccc(C)cc2)c1[N+](=O)[O-]. The molecule has 0 saturated heterocycles. The molecule has 0 amide bonds. The van der Waals surface area contributed by atoms with E-state index in [1.165, 1.54) is 25.3 Å². The zero-order chi connectivity index (χ0) is 21.7. The van der Waals surface area contributed by atoms with Crippen molar-refractivity contribution in [2.24, 2.45) is 0 Å². The molecule has 156 valence electrons. The minimum atomic E-state index is -4.01. The summed E-state index contributed by atoms with van der Waals surface area (Å²) in [7, 11) is -2.58. The molecule has 3 aromatic rings. The van der Waals surface area contributed by atoms with Crippen LogP contribution in [-0.4, -0.2) is 30.4 Å². The second-order valence-corrected chi connectivity index (χ2v) is 7.61. The molecule has 0 fully saturated rings. The molecular weight excluding hydrogens is 414 g/mol. The Morgan fingerprint density at radius 3 is 2.33 bits per heavy atom. The molecule has 30 heavy (non-hydrogen) atoms. The first kappa shape index (κ1) is 21.0. The molecule has 0 aliphatic rings. The quantitative estimate of drug-likeness (QED) is 0.406. The lowest BCUT2D eigenvalue weighted by Gasteiger charge is -2.12. The van der Waals surface area contributed by atoms with Crippen LogP contribution >= 0.6 is 0 Å². The van der Waals surface area contributed by atoms with Crippen LogP contribution in [0.3, 0.4) is 0 Å². The van der Waals surface area contributed by atoms with E-state index < -0.39 is 32.3 Å². The molecule has 0 saturated carbocycles. The maximum absolute atomic E-state index is 12.4. The maximum atomic E-state index is 12.4. The van der Waals surface area contributed by atoms with Crippen molar-refractivity contribution in [3.63, 3.8) is 0 Å². The average Bonchev–Trinajstić information content (AvgIpc) is 2.73. The molecule has 0 aliphatic heterocycles. The number of hydrogen-bond donors (Lipinski definition) is 2. The smallest absolute Gasteiger partial charge is 0.374 e. The van der Waals surface area contributed by atoms with Gasteiger partial charge in [0.15, 0.2) is 11.5 Å². The van der Waals surface area contributed by atoms with E-state index in [1.807, 2.05) is 6.92 Å². The molecule has 0 atom stereocenters. The number of para-hydroxylation sites is 2. The number of anilines is 1. The van der Waals surface area contributed by atoms with Gasteiger partial charge in [0.25, 0.3) is 10.0 Å². The van der Waals surface area contributed by atoms with Gasteiger partial charge in [0.05, 0.1) is 16.9 Å². The number of rotatable bonds is 8. The zero-order valence-corrected chi connectivity index (χ0v) is 16.7. The van der Waals surface area contributed by atoms with Gasteiger partial charge in [0, 0.05) is 0 Å². The fraction of sp³-hybridized carbons (Fsp3) is 0.111. The van der Waals surface area contributed by atoms with Crippen LogP contribution < -0.4 is 19.7 Å². The van der Waals surface area contributed by atoms with Crippen LogP contribution in [0.5, 0.6) is 17.4 Å². The predicted octanol–water partition coefficient (Wildman–Crippen LogP) is 2.80. The topological polar surface area (TPSA) is 146 Å². The van der Waals surface area contributed by atoms with E-state index in [4.69, 9.17) is 9.47 Å². The van der Waals surface area contributed by atoms with E-state index in [0.717, 1.165) is 11.9 Å². The minimum absolute atomic E-state index is 0.0252. The molecule has 1 aromatic heterocycles. The largest absolute Gasteiger partial charge is 0.493 e. The van der Waals surface area contributed by atoms with E-state index in [-0.39, 0.29) is 10.6 Å². The van der Waals surface area contributed by atoms with Crippen molar-refractivity contribution in [3.05, 3.63) is 70.5 Å². The Balaban J connectivity index is 1.89. The van der Waals surface area contributed by atoms with Crippen molar-refractivity contribution in [3.8, 4) is 17.4 Å². The third-order valence-corrected chi connectivity index (χ3v) is 5.15. The van der Waals surface area contributed by atoms with E-state index in [2.05, 4.69) is 20.2 Å². The summed E-state index contributed by atoms with van der Waals surface area (Å²) in [5, 5.41) is 11.6. The summed E-state index contributed by atoms with van der Waals surface area (Å²) >= 11 is 0. The normalized spacial score (nSPS) is 11.0. The number of aryl methyl sites for hydroxylation is 1. The van der Waals surface area contributed by atoms with Crippen LogP contribution in [0.25, 0.3) is 0 Å². The lowest BCUT2D eigenvalue weighted by atomic mass is 10.2. The molecule has 0 bridgehead atoms. The van der Waals surface area contributed by atoms with Crippen molar-refractivity contribution in [2.75, 3.05) is 12.5 Å². The van der Waals surface area contributed by atoms with Crippen molar-refractivity contribution in [1.82, 2.24) is 14.8 Å². The molecule has 0 radical (unpaired) electrons. The third-order valence-electron chi connectivity index (χ3n) is 3.88. The highest BCUT2D eigenvalue weighted by atomic mass is 32.2. The third kappa shape index (κ3) is 4.61. The van der Waals surface area contributed by atoms with Gasteiger partial charge in [-0.1, -0.05) is 29.8 Å². The highest BCUT2D eigenvalue weighted by molar-refractivity contribution is 7.89. The van der Waals surface area contributed by atoms with Gasteiger partial charge < -0.3 is 9.47 Å². The summed E-state index contributed by atoms with van der Waals surface area (Å²) in [6, 6.07) is 12.6. The average molecular weight is 431 g/mol. The van der Waals surface area contributed by atoms with Crippen LogP contribution in [0, 0.1) is 17.0 Å². The van der Waals surface area contributed by atoms with Crippen molar-refractivity contribution < 1.29 is 22.8 Å². The fourth-order valence-electron chi connectivity index (χ4n) is 2.39. The molecule has 2 aromatic carbocycles. The summed E-state index contributed by atoms with van der Waals surface area (Å²) in [5.74, 6) is -0.264. The summed E-state index contributed by atoms with van der Waals surface area (Å²) in [6.45, 7) is 1.82. The van der Waals surface area contributed by atoms with Crippen LogP contribution in [-0.2, 0) is 10.0 Å². The van der Waals surface area contributed by atoms with Gasteiger partial charge in [-0.3, -0.25) is 15.5 Å². The van der Waals surface area contributed by atoms with Crippen LogP contribution in [0.4, 0.5) is 11.5 Å². The molecule has 0 aliphatic carbocycles. The Bertz CT molecular complexity index is 1170. The minimum Gasteiger partial charge on any atom is -0.493 e. The molecule has 11 nitrogen and oxygen atoms in total. The Kier molecular flexibility index (Phi) is 6.09. The lowest BCUT2D eigenvalue weighted by Crippen LogP contribution is -2.30. The number of hydrogen-bond acceptors (Lipinski definition) is 9. The highest BCUT2D eigenvalue weighted by Crippen LogP contribution is 2.37. The van der Waals surface area contributed by atoms with Gasteiger partial charge >= 0.3 is 11.6 Å². The van der Waals surface area contributed by atoms with Crippen LogP contribution in [0.2, 0.25) is 0 Å². The van der Waals surface area contributed by atoms with Gasteiger partial charge in [0.2, 0.25) is 5.82 Å². The number of ether oxygens (including phenoxy) is 2. The van der Waals surface area contributed by atoms with E-state index in [0.29, 0.717) is 5.75 Å². The van der Waals surface area contributed by atoms with E-state index in [9.17, 15) is 18.5 Å². The second kappa shape index (κ2) is 8.71. The predicted molar refractivity (Wildman–Crippen MR) is 107 cm³/mol. The number of hydrazine groups is 1. The summed E-state index contributed by atoms with van der Waals surface area (Å²) < 4.78 is 35.5. The lowest BCUT2D eigenvalue weighted by molar-refractivity contribution is -0.385. The van der Waals surface area contributed by atoms with Gasteiger partial charge in [-0.15, -0.1) is 4.83 Å². The molecule has 0 unspecified atom stereocenters. The molecule has 3 rings (SSSR count). The van der Waals surface area contributed by atoms with E-state index in [1.54, 1.807) is 30.3 Å². The number of methoxy groups -OCH3 is 1. The Morgan fingerprint density at radius 2 is 1.70 bits per heavy atom. The second-order valence-electron chi connectivity index (χ2n) is 5.93. The molecule has 12 heteroatoms. The Labute approximate surface area is 171 Å². The van der Waals surface area contributed by atoms with Gasteiger partial charge in [-0.25, -0.2) is 13.4 Å². The van der Waals surface area contributed by atoms with Crippen LogP contribution in [0.15, 0.2) is 59.8 Å². The number of aromatic nitrogens is 2. The first-order valence-corrected chi connectivity index (χ1v) is 9.95. The number of sulfonamides is 1. The first-order valence-electron chi connectivity index (χ1n) is 8.46. The number of nitro groups is 1. The summed E-state index contributed by atoms with van der Waals surface area (Å²) in [5.41, 5.74) is 2.48. The number of nitrogens with zero attached hydrogens (tertiary/aromatic N) is 3. The summed E-state index contributed by atoms with van der Waals surface area (Å²) in [4.78, 5) is 20.4. The molecule has 1 heterocycles. The van der Waals surface area contributed by atoms with Crippen molar-refractivity contribution >= 4 is 21.5 Å². The summed E-state index contributed by atoms with van der Waals surface area (Å²) in [6.07, 6.45) is 1.00. The maximum Gasteiger partial charge on any atom is 0.374 e. The molecule has 0 spiro atoms. The molecular formula is C18H17N5O6S. The zero-order valence-electron chi connectivity index (χ0n) is 15.9. The monoisotopic (exact) mass is 431 g/mol. The first-order chi connectivity index (χ1) is 14.3. The fourth-order valence-corrected chi connectivity index (χ4v) is 3.24. The number of nitrogens with one attached hydrogen (secondary N) is 2. The van der Waals surface area contributed by atoms with Crippen molar-refractivity contribution in [1.29, 1.82) is 0 Å². The van der Waals surface area contributed by atoms with Gasteiger partial charge in [-0.2, -0.15) is 4.98 Å².